The molecule has 2 amide bonds. The molecule has 1 heterocycles. The highest BCUT2D eigenvalue weighted by molar-refractivity contribution is 7.92. The summed E-state index contributed by atoms with van der Waals surface area (Å²) in [6.45, 7) is -0.680. The quantitative estimate of drug-likeness (QED) is 0.220. The Morgan fingerprint density at radius 2 is 1.51 bits per heavy atom. The van der Waals surface area contributed by atoms with Crippen LogP contribution in [0, 0.1) is 0 Å². The third-order valence-corrected chi connectivity index (χ3v) is 7.00. The van der Waals surface area contributed by atoms with Crippen LogP contribution < -0.4 is 19.8 Å². The lowest BCUT2D eigenvalue weighted by Crippen LogP contribution is -2.40. The van der Waals surface area contributed by atoms with Gasteiger partial charge in [0.1, 0.15) is 18.1 Å². The molecule has 10 nitrogen and oxygen atoms in total. The molecule has 0 atom stereocenters. The van der Waals surface area contributed by atoms with Gasteiger partial charge < -0.3 is 10.1 Å². The van der Waals surface area contributed by atoms with Gasteiger partial charge in [0.25, 0.3) is 21.8 Å². The maximum absolute atomic E-state index is 13.2. The van der Waals surface area contributed by atoms with Crippen LogP contribution in [0.2, 0.25) is 0 Å². The van der Waals surface area contributed by atoms with Gasteiger partial charge in [-0.15, -0.1) is 0 Å². The summed E-state index contributed by atoms with van der Waals surface area (Å²) >= 11 is 0. The summed E-state index contributed by atoms with van der Waals surface area (Å²) < 4.78 is 32.8. The first-order chi connectivity index (χ1) is 18.9. The highest BCUT2D eigenvalue weighted by Crippen LogP contribution is 2.21. The first-order valence-corrected chi connectivity index (χ1v) is 13.2. The number of amides is 2. The number of aromatic nitrogens is 1. The van der Waals surface area contributed by atoms with E-state index in [-0.39, 0.29) is 23.2 Å². The minimum atomic E-state index is -4.04. The van der Waals surface area contributed by atoms with Crippen molar-refractivity contribution in [2.75, 3.05) is 22.8 Å². The number of hydrogen-bond acceptors (Lipinski definition) is 7. The molecule has 0 aliphatic heterocycles. The van der Waals surface area contributed by atoms with Crippen molar-refractivity contribution in [1.29, 1.82) is 0 Å². The number of ether oxygens (including phenoxy) is 1. The van der Waals surface area contributed by atoms with Crippen molar-refractivity contribution in [2.24, 2.45) is 5.10 Å². The predicted molar refractivity (Wildman–Crippen MR) is 148 cm³/mol. The van der Waals surface area contributed by atoms with E-state index in [0.29, 0.717) is 17.0 Å². The number of sulfonamides is 1. The van der Waals surface area contributed by atoms with Gasteiger partial charge in [-0.05, 0) is 66.2 Å². The SMILES string of the molecule is O=C(CN(c1ccccn1)S(=O)(=O)c1ccccc1)N/N=C\c1ccc(OCC(=O)Nc2ccccc2)cc1. The number of benzene rings is 3. The van der Waals surface area contributed by atoms with E-state index in [2.05, 4.69) is 20.8 Å². The summed E-state index contributed by atoms with van der Waals surface area (Å²) in [6.07, 6.45) is 2.85. The van der Waals surface area contributed by atoms with Crippen LogP contribution in [-0.2, 0) is 19.6 Å². The molecule has 4 aromatic rings. The first kappa shape index (κ1) is 27.0. The molecule has 198 valence electrons. The summed E-state index contributed by atoms with van der Waals surface area (Å²) in [5.74, 6) is -0.352. The van der Waals surface area contributed by atoms with E-state index < -0.39 is 22.5 Å². The van der Waals surface area contributed by atoms with Crippen molar-refractivity contribution in [3.63, 3.8) is 0 Å². The van der Waals surface area contributed by atoms with Crippen molar-refractivity contribution in [3.05, 3.63) is 115 Å². The fraction of sp³-hybridized carbons (Fsp3) is 0.0714. The molecule has 2 N–H and O–H groups in total. The predicted octanol–water partition coefficient (Wildman–Crippen LogP) is 3.44. The van der Waals surface area contributed by atoms with Gasteiger partial charge in [-0.25, -0.2) is 23.1 Å². The minimum absolute atomic E-state index is 0.0341. The number of carbonyl (C=O) groups is 2. The maximum Gasteiger partial charge on any atom is 0.265 e. The molecule has 3 aromatic carbocycles. The Morgan fingerprint density at radius 1 is 0.846 bits per heavy atom. The number of anilines is 2. The average molecular weight is 544 g/mol. The van der Waals surface area contributed by atoms with Crippen LogP contribution in [-0.4, -0.2) is 44.6 Å². The molecule has 0 unspecified atom stereocenters. The van der Waals surface area contributed by atoms with Crippen molar-refractivity contribution in [2.45, 2.75) is 4.90 Å². The van der Waals surface area contributed by atoms with Crippen LogP contribution in [0.25, 0.3) is 0 Å². The third kappa shape index (κ3) is 7.73. The molecule has 0 aliphatic rings. The van der Waals surface area contributed by atoms with Gasteiger partial charge in [-0.1, -0.05) is 42.5 Å². The summed E-state index contributed by atoms with van der Waals surface area (Å²) in [7, 11) is -4.04. The van der Waals surface area contributed by atoms with E-state index >= 15 is 0 Å². The monoisotopic (exact) mass is 543 g/mol. The molecular weight excluding hydrogens is 518 g/mol. The van der Waals surface area contributed by atoms with Crippen molar-refractivity contribution in [3.8, 4) is 5.75 Å². The lowest BCUT2D eigenvalue weighted by molar-refractivity contribution is -0.119. The average Bonchev–Trinajstić information content (AvgIpc) is 2.97. The second kappa shape index (κ2) is 13.0. The summed E-state index contributed by atoms with van der Waals surface area (Å²) in [5.41, 5.74) is 3.67. The van der Waals surface area contributed by atoms with Gasteiger partial charge in [-0.3, -0.25) is 9.59 Å². The molecule has 0 saturated carbocycles. The van der Waals surface area contributed by atoms with Gasteiger partial charge in [0.05, 0.1) is 11.1 Å². The van der Waals surface area contributed by atoms with Crippen LogP contribution in [0.3, 0.4) is 0 Å². The Balaban J connectivity index is 1.32. The number of carbonyl (C=O) groups excluding carboxylic acids is 2. The second-order valence-corrected chi connectivity index (χ2v) is 9.94. The van der Waals surface area contributed by atoms with Crippen LogP contribution >= 0.6 is 0 Å². The number of nitrogens with zero attached hydrogens (tertiary/aromatic N) is 3. The van der Waals surface area contributed by atoms with Crippen LogP contribution in [0.4, 0.5) is 11.5 Å². The lowest BCUT2D eigenvalue weighted by atomic mass is 10.2. The van der Waals surface area contributed by atoms with Crippen molar-refractivity contribution < 1.29 is 22.7 Å². The summed E-state index contributed by atoms with van der Waals surface area (Å²) in [6, 6.07) is 28.4. The zero-order valence-electron chi connectivity index (χ0n) is 20.7. The molecule has 0 saturated heterocycles. The number of hydrazone groups is 1. The van der Waals surface area contributed by atoms with Crippen LogP contribution in [0.5, 0.6) is 5.75 Å². The Kier molecular flexibility index (Phi) is 8.99. The number of para-hydroxylation sites is 1. The van der Waals surface area contributed by atoms with Gasteiger partial charge in [-0.2, -0.15) is 5.10 Å². The van der Waals surface area contributed by atoms with E-state index in [9.17, 15) is 18.0 Å². The molecule has 1 aromatic heterocycles. The van der Waals surface area contributed by atoms with E-state index in [4.69, 9.17) is 4.74 Å². The van der Waals surface area contributed by atoms with E-state index in [0.717, 1.165) is 4.31 Å². The standard InChI is InChI=1S/C28H25N5O5S/c34-27(20-33(26-13-7-8-18-29-26)39(36,37)25-11-5-2-6-12-25)32-30-19-22-14-16-24(17-15-22)38-21-28(35)31-23-9-3-1-4-10-23/h1-19H,20-21H2,(H,31,35)(H,32,34)/b30-19-. The van der Waals surface area contributed by atoms with Gasteiger partial charge in [0.2, 0.25) is 0 Å². The topological polar surface area (TPSA) is 130 Å². The number of pyridine rings is 1. The fourth-order valence-corrected chi connectivity index (χ4v) is 4.77. The van der Waals surface area contributed by atoms with E-state index in [1.54, 1.807) is 66.7 Å². The zero-order chi connectivity index (χ0) is 27.5. The Morgan fingerprint density at radius 3 is 2.18 bits per heavy atom. The molecule has 0 fully saturated rings. The maximum atomic E-state index is 13.2. The summed E-state index contributed by atoms with van der Waals surface area (Å²) in [5, 5.41) is 6.66. The molecule has 0 bridgehead atoms. The smallest absolute Gasteiger partial charge is 0.265 e. The Bertz CT molecular complexity index is 1520. The van der Waals surface area contributed by atoms with Crippen LogP contribution in [0.15, 0.2) is 119 Å². The number of nitrogens with one attached hydrogen (secondary N) is 2. The molecule has 0 radical (unpaired) electrons. The normalized spacial score (nSPS) is 11.1. The lowest BCUT2D eigenvalue weighted by Gasteiger charge is -2.22. The fourth-order valence-electron chi connectivity index (χ4n) is 3.37. The first-order valence-electron chi connectivity index (χ1n) is 11.8. The molecule has 0 spiro atoms. The number of rotatable bonds is 11. The van der Waals surface area contributed by atoms with Crippen molar-refractivity contribution in [1.82, 2.24) is 10.4 Å². The van der Waals surface area contributed by atoms with Crippen LogP contribution in [0.1, 0.15) is 5.56 Å². The minimum Gasteiger partial charge on any atom is -0.484 e. The summed E-state index contributed by atoms with van der Waals surface area (Å²) in [4.78, 5) is 28.8. The number of hydrogen-bond donors (Lipinski definition) is 2. The van der Waals surface area contributed by atoms with Gasteiger partial charge >= 0.3 is 0 Å². The van der Waals surface area contributed by atoms with E-state index in [1.165, 1.54) is 30.6 Å². The van der Waals surface area contributed by atoms with E-state index in [1.807, 2.05) is 18.2 Å². The molecule has 4 rings (SSSR count). The highest BCUT2D eigenvalue weighted by Gasteiger charge is 2.27. The molecule has 39 heavy (non-hydrogen) atoms. The third-order valence-electron chi connectivity index (χ3n) is 5.23. The highest BCUT2D eigenvalue weighted by atomic mass is 32.2. The molecular formula is C28H25N5O5S. The van der Waals surface area contributed by atoms with Gasteiger partial charge in [0, 0.05) is 11.9 Å². The largest absolute Gasteiger partial charge is 0.484 e. The Labute approximate surface area is 226 Å². The Hall–Kier alpha value is -5.03. The molecule has 0 aliphatic carbocycles. The zero-order valence-corrected chi connectivity index (χ0v) is 21.5. The van der Waals surface area contributed by atoms with Crippen molar-refractivity contribution >= 4 is 39.6 Å². The molecule has 11 heteroatoms. The second-order valence-electron chi connectivity index (χ2n) is 8.08. The van der Waals surface area contributed by atoms with Gasteiger partial charge in [0.15, 0.2) is 6.61 Å².